The summed E-state index contributed by atoms with van der Waals surface area (Å²) in [5.41, 5.74) is 0.952. The van der Waals surface area contributed by atoms with Crippen LogP contribution in [0, 0.1) is 6.92 Å². The molecule has 0 heterocycles. The van der Waals surface area contributed by atoms with Gasteiger partial charge in [0.15, 0.2) is 11.5 Å². The molecule has 0 unspecified atom stereocenters. The number of ketones is 2. The van der Waals surface area contributed by atoms with Gasteiger partial charge in [-0.25, -0.2) is 9.59 Å². The smallest absolute Gasteiger partial charge is 0.434 e. The third-order valence-corrected chi connectivity index (χ3v) is 7.05. The number of hydrogen-bond donors (Lipinski definition) is 0. The zero-order valence-electron chi connectivity index (χ0n) is 23.9. The van der Waals surface area contributed by atoms with Crippen LogP contribution in [0.3, 0.4) is 0 Å². The molecule has 0 aliphatic heterocycles. The standard InChI is InChI=1S/C33H36O8/c1-4-6-8-12-18-38-32(36)40-30-24-15-11-10-14-22(24)26-27(28(30)34)23-17-16-21(3)20-25(23)31(29(26)35)41-33(37)39-19-13-9-7-5-2/h10-11,14-17,20H,4-9,12-13,18-19H2,1-3H3. The topological polar surface area (TPSA) is 105 Å². The van der Waals surface area contributed by atoms with E-state index in [1.165, 1.54) is 0 Å². The second-order valence-corrected chi connectivity index (χ2v) is 10.2. The van der Waals surface area contributed by atoms with Crippen molar-refractivity contribution in [1.29, 1.82) is 0 Å². The number of rotatable bonds is 12. The number of carbonyl (C=O) groups is 4. The molecule has 2 aromatic rings. The van der Waals surface area contributed by atoms with Crippen LogP contribution in [0.5, 0.6) is 0 Å². The number of ether oxygens (including phenoxy) is 4. The predicted molar refractivity (Wildman–Crippen MR) is 153 cm³/mol. The third-order valence-electron chi connectivity index (χ3n) is 7.05. The summed E-state index contributed by atoms with van der Waals surface area (Å²) in [5, 5.41) is 1.35. The average molecular weight is 561 g/mol. The summed E-state index contributed by atoms with van der Waals surface area (Å²) in [7, 11) is 0. The maximum atomic E-state index is 13.9. The quantitative estimate of drug-likeness (QED) is 0.285. The minimum absolute atomic E-state index is 0.0768. The van der Waals surface area contributed by atoms with E-state index in [4.69, 9.17) is 18.9 Å². The normalized spacial score (nSPS) is 13.8. The Kier molecular flexibility index (Phi) is 10.1. The summed E-state index contributed by atoms with van der Waals surface area (Å²) in [5.74, 6) is -1.68. The number of fused-ring (bicyclic) bond motifs is 3. The zero-order chi connectivity index (χ0) is 29.4. The molecule has 2 aromatic carbocycles. The van der Waals surface area contributed by atoms with E-state index < -0.39 is 23.9 Å². The lowest BCUT2D eigenvalue weighted by atomic mass is 9.83. The lowest BCUT2D eigenvalue weighted by Crippen LogP contribution is -2.48. The van der Waals surface area contributed by atoms with E-state index in [9.17, 15) is 19.2 Å². The van der Waals surface area contributed by atoms with Gasteiger partial charge in [-0.15, -0.1) is 0 Å². The van der Waals surface area contributed by atoms with Crippen LogP contribution in [0.15, 0.2) is 42.5 Å². The molecule has 0 bridgehead atoms. The summed E-state index contributed by atoms with van der Waals surface area (Å²) in [4.78, 5) is 53.0. The van der Waals surface area contributed by atoms with E-state index in [0.717, 1.165) is 44.1 Å². The molecule has 2 aliphatic carbocycles. The molecule has 2 aliphatic rings. The highest BCUT2D eigenvalue weighted by molar-refractivity contribution is 6.58. The molecule has 0 atom stereocenters. The highest BCUT2D eigenvalue weighted by Gasteiger charge is 2.37. The van der Waals surface area contributed by atoms with Crippen molar-refractivity contribution in [2.24, 2.45) is 0 Å². The molecule has 0 fully saturated rings. The van der Waals surface area contributed by atoms with E-state index in [2.05, 4.69) is 13.8 Å². The third kappa shape index (κ3) is 6.76. The van der Waals surface area contributed by atoms with Gasteiger partial charge >= 0.3 is 12.3 Å². The van der Waals surface area contributed by atoms with Crippen LogP contribution < -0.4 is 20.9 Å². The molecule has 216 valence electrons. The van der Waals surface area contributed by atoms with Crippen molar-refractivity contribution in [1.82, 2.24) is 0 Å². The molecular weight excluding hydrogens is 524 g/mol. The molecule has 0 radical (unpaired) electrons. The molecule has 4 rings (SSSR count). The van der Waals surface area contributed by atoms with Crippen molar-refractivity contribution in [3.8, 4) is 0 Å². The molecule has 8 nitrogen and oxygen atoms in total. The van der Waals surface area contributed by atoms with Gasteiger partial charge in [-0.05, 0) is 36.3 Å². The van der Waals surface area contributed by atoms with Crippen LogP contribution in [-0.4, -0.2) is 37.1 Å². The molecule has 0 aromatic heterocycles. The van der Waals surface area contributed by atoms with Crippen LogP contribution in [0.4, 0.5) is 9.59 Å². The largest absolute Gasteiger partial charge is 0.513 e. The van der Waals surface area contributed by atoms with Gasteiger partial charge in [-0.1, -0.05) is 94.3 Å². The van der Waals surface area contributed by atoms with Gasteiger partial charge in [0.1, 0.15) is 0 Å². The van der Waals surface area contributed by atoms with Crippen molar-refractivity contribution in [2.45, 2.75) is 72.1 Å². The Hall–Kier alpha value is -4.20. The molecule has 0 saturated carbocycles. The van der Waals surface area contributed by atoms with Gasteiger partial charge < -0.3 is 18.9 Å². The van der Waals surface area contributed by atoms with Crippen LogP contribution in [0.1, 0.15) is 70.8 Å². The first-order chi connectivity index (χ1) is 19.9. The average Bonchev–Trinajstić information content (AvgIpc) is 2.96. The number of aryl methyl sites for hydroxylation is 1. The fraction of sp³-hybridized carbons (Fsp3) is 0.394. The van der Waals surface area contributed by atoms with E-state index in [1.807, 2.05) is 6.92 Å². The first kappa shape index (κ1) is 29.8. The van der Waals surface area contributed by atoms with E-state index in [1.54, 1.807) is 42.5 Å². The fourth-order valence-electron chi connectivity index (χ4n) is 4.97. The molecule has 8 heteroatoms. The predicted octanol–water partition coefficient (Wildman–Crippen LogP) is 3.85. The van der Waals surface area contributed by atoms with Gasteiger partial charge in [-0.3, -0.25) is 9.59 Å². The minimum atomic E-state index is -0.979. The maximum absolute atomic E-state index is 13.9. The van der Waals surface area contributed by atoms with Gasteiger partial charge in [0.05, 0.1) is 13.2 Å². The van der Waals surface area contributed by atoms with Gasteiger partial charge in [0.2, 0.25) is 11.6 Å². The number of Topliss-reactive ketones (excluding diaryl/α,β-unsaturated/α-hetero) is 2. The van der Waals surface area contributed by atoms with Crippen molar-refractivity contribution >= 4 is 46.5 Å². The Labute approximate surface area is 238 Å². The highest BCUT2D eigenvalue weighted by atomic mass is 16.7. The first-order valence-corrected chi connectivity index (χ1v) is 14.3. The maximum Gasteiger partial charge on any atom is 0.513 e. The monoisotopic (exact) mass is 560 g/mol. The van der Waals surface area contributed by atoms with Crippen LogP contribution in [0.2, 0.25) is 0 Å². The molecule has 0 spiro atoms. The van der Waals surface area contributed by atoms with E-state index >= 15 is 0 Å². The molecular formula is C33H36O8. The Morgan fingerprint density at radius 2 is 1.10 bits per heavy atom. The van der Waals surface area contributed by atoms with Crippen LogP contribution in [-0.2, 0) is 28.5 Å². The lowest BCUT2D eigenvalue weighted by Gasteiger charge is -2.22. The highest BCUT2D eigenvalue weighted by Crippen LogP contribution is 2.26. The van der Waals surface area contributed by atoms with Gasteiger partial charge in [0.25, 0.3) is 0 Å². The Bertz CT molecular complexity index is 1600. The number of hydrogen-bond acceptors (Lipinski definition) is 8. The number of unbranched alkanes of at least 4 members (excludes halogenated alkanes) is 6. The second-order valence-electron chi connectivity index (χ2n) is 10.2. The van der Waals surface area contributed by atoms with Crippen LogP contribution in [0.25, 0.3) is 22.7 Å². The molecule has 41 heavy (non-hydrogen) atoms. The summed E-state index contributed by atoms with van der Waals surface area (Å²) >= 11 is 0. The number of benzene rings is 2. The SMILES string of the molecule is CCCCCCOC(=O)OC1=c2ccccc2=C2C(=O)C(OC(=O)OCCCCCC)=c3cc(C)ccc3=C2C1=O. The van der Waals surface area contributed by atoms with Crippen molar-refractivity contribution in [3.05, 3.63) is 68.9 Å². The number of carbonyl (C=O) groups excluding carboxylic acids is 4. The summed E-state index contributed by atoms with van der Waals surface area (Å²) in [6, 6.07) is 11.8. The van der Waals surface area contributed by atoms with E-state index in [-0.39, 0.29) is 41.1 Å². The Morgan fingerprint density at radius 1 is 0.610 bits per heavy atom. The summed E-state index contributed by atoms with van der Waals surface area (Å²) in [6.45, 7) is 6.37. The van der Waals surface area contributed by atoms with Crippen molar-refractivity contribution in [3.63, 3.8) is 0 Å². The van der Waals surface area contributed by atoms with Gasteiger partial charge in [0, 0.05) is 21.6 Å². The first-order valence-electron chi connectivity index (χ1n) is 14.3. The molecule has 0 saturated heterocycles. The summed E-state index contributed by atoms with van der Waals surface area (Å²) < 4.78 is 21.4. The van der Waals surface area contributed by atoms with Crippen molar-refractivity contribution in [2.75, 3.05) is 13.2 Å². The van der Waals surface area contributed by atoms with Crippen molar-refractivity contribution < 1.29 is 38.1 Å². The Balaban J connectivity index is 1.75. The minimum Gasteiger partial charge on any atom is -0.434 e. The molecule has 0 amide bonds. The van der Waals surface area contributed by atoms with Gasteiger partial charge in [-0.2, -0.15) is 0 Å². The fourth-order valence-corrected chi connectivity index (χ4v) is 4.97. The van der Waals surface area contributed by atoms with Crippen LogP contribution >= 0.6 is 0 Å². The van der Waals surface area contributed by atoms with E-state index in [0.29, 0.717) is 28.5 Å². The lowest BCUT2D eigenvalue weighted by molar-refractivity contribution is -0.112. The molecule has 0 N–H and O–H groups in total. The Morgan fingerprint density at radius 3 is 1.63 bits per heavy atom. The zero-order valence-corrected chi connectivity index (χ0v) is 23.9. The summed E-state index contributed by atoms with van der Waals surface area (Å²) in [6.07, 6.45) is 5.44. The second kappa shape index (κ2) is 13.9.